The molecule has 1 aliphatic rings. The fraction of sp³-hybridized carbons (Fsp3) is 0.846. The quantitative estimate of drug-likeness (QED) is 0.735. The van der Waals surface area contributed by atoms with E-state index in [0.717, 1.165) is 19.3 Å². The monoisotopic (exact) mass is 257 g/mol. The van der Waals surface area contributed by atoms with Crippen LogP contribution < -0.4 is 0 Å². The minimum absolute atomic E-state index is 0.146. The van der Waals surface area contributed by atoms with Gasteiger partial charge >= 0.3 is 5.97 Å². The summed E-state index contributed by atoms with van der Waals surface area (Å²) in [5.41, 5.74) is -0.998. The van der Waals surface area contributed by atoms with E-state index in [0.29, 0.717) is 26.1 Å². The molecule has 0 aromatic rings. The van der Waals surface area contributed by atoms with Crippen LogP contribution in [0.25, 0.3) is 0 Å². The van der Waals surface area contributed by atoms with E-state index in [1.165, 1.54) is 4.90 Å². The second kappa shape index (κ2) is 6.73. The number of hydrogen-bond acceptors (Lipinski definition) is 3. The van der Waals surface area contributed by atoms with Crippen molar-refractivity contribution in [3.63, 3.8) is 0 Å². The molecule has 1 saturated carbocycles. The maximum atomic E-state index is 12.0. The SMILES string of the molecule is CCOCCC(=O)N(C)C1(C(=O)O)CCCCC1. The van der Waals surface area contributed by atoms with Gasteiger partial charge < -0.3 is 14.7 Å². The summed E-state index contributed by atoms with van der Waals surface area (Å²) in [6.45, 7) is 2.80. The fourth-order valence-electron chi connectivity index (χ4n) is 2.54. The van der Waals surface area contributed by atoms with Crippen molar-refractivity contribution in [2.75, 3.05) is 20.3 Å². The van der Waals surface area contributed by atoms with Crippen LogP contribution in [0.15, 0.2) is 0 Å². The van der Waals surface area contributed by atoms with Crippen molar-refractivity contribution in [2.45, 2.75) is 51.0 Å². The molecule has 5 heteroatoms. The zero-order chi connectivity index (χ0) is 13.6. The summed E-state index contributed by atoms with van der Waals surface area (Å²) >= 11 is 0. The second-order valence-corrected chi connectivity index (χ2v) is 4.80. The van der Waals surface area contributed by atoms with Gasteiger partial charge in [-0.15, -0.1) is 0 Å². The van der Waals surface area contributed by atoms with Gasteiger partial charge in [-0.2, -0.15) is 0 Å². The number of aliphatic carboxylic acids is 1. The molecule has 0 aromatic heterocycles. The summed E-state index contributed by atoms with van der Waals surface area (Å²) < 4.78 is 5.14. The summed E-state index contributed by atoms with van der Waals surface area (Å²) in [5, 5.41) is 9.45. The van der Waals surface area contributed by atoms with Crippen LogP contribution in [0, 0.1) is 0 Å². The largest absolute Gasteiger partial charge is 0.479 e. The van der Waals surface area contributed by atoms with Gasteiger partial charge in [-0.1, -0.05) is 19.3 Å². The Kier molecular flexibility index (Phi) is 5.59. The third-order valence-corrected chi connectivity index (χ3v) is 3.76. The highest BCUT2D eigenvalue weighted by Gasteiger charge is 2.45. The lowest BCUT2D eigenvalue weighted by Gasteiger charge is -2.41. The van der Waals surface area contributed by atoms with Crippen LogP contribution in [-0.2, 0) is 14.3 Å². The number of rotatable bonds is 6. The number of nitrogens with zero attached hydrogens (tertiary/aromatic N) is 1. The average molecular weight is 257 g/mol. The third kappa shape index (κ3) is 3.22. The summed E-state index contributed by atoms with van der Waals surface area (Å²) in [5.74, 6) is -1.03. The molecular formula is C13H23NO4. The Balaban J connectivity index is 2.67. The van der Waals surface area contributed by atoms with Gasteiger partial charge in [0.1, 0.15) is 5.54 Å². The van der Waals surface area contributed by atoms with Gasteiger partial charge in [0.2, 0.25) is 5.91 Å². The molecule has 0 heterocycles. The van der Waals surface area contributed by atoms with Crippen LogP contribution in [0.5, 0.6) is 0 Å². The highest BCUT2D eigenvalue weighted by molar-refractivity contribution is 5.87. The summed E-state index contributed by atoms with van der Waals surface area (Å²) in [7, 11) is 1.60. The maximum Gasteiger partial charge on any atom is 0.329 e. The van der Waals surface area contributed by atoms with Crippen LogP contribution in [0.4, 0.5) is 0 Å². The van der Waals surface area contributed by atoms with Gasteiger partial charge in [0.05, 0.1) is 13.0 Å². The number of carboxylic acids is 1. The Bertz CT molecular complexity index is 297. The molecule has 0 bridgehead atoms. The molecule has 104 valence electrons. The van der Waals surface area contributed by atoms with Crippen LogP contribution in [0.2, 0.25) is 0 Å². The average Bonchev–Trinajstić information content (AvgIpc) is 2.38. The highest BCUT2D eigenvalue weighted by Crippen LogP contribution is 2.33. The van der Waals surface area contributed by atoms with Crippen LogP contribution in [0.1, 0.15) is 45.4 Å². The van der Waals surface area contributed by atoms with Gasteiger partial charge in [-0.25, -0.2) is 4.79 Å². The lowest BCUT2D eigenvalue weighted by Crippen LogP contribution is -2.56. The predicted molar refractivity (Wildman–Crippen MR) is 67.3 cm³/mol. The molecule has 1 aliphatic carbocycles. The smallest absolute Gasteiger partial charge is 0.329 e. The van der Waals surface area contributed by atoms with Gasteiger partial charge in [0.15, 0.2) is 0 Å². The first-order valence-corrected chi connectivity index (χ1v) is 6.62. The molecule has 1 amide bonds. The number of carboxylic acid groups (broad SMARTS) is 1. The first kappa shape index (κ1) is 15.0. The highest BCUT2D eigenvalue weighted by atomic mass is 16.5. The standard InChI is InChI=1S/C13H23NO4/c1-3-18-10-7-11(15)14(2)13(12(16)17)8-5-4-6-9-13/h3-10H2,1-2H3,(H,16,17). The molecule has 1 fully saturated rings. The zero-order valence-corrected chi connectivity index (χ0v) is 11.3. The Hall–Kier alpha value is -1.10. The van der Waals surface area contributed by atoms with E-state index in [1.807, 2.05) is 6.92 Å². The number of carbonyl (C=O) groups excluding carboxylic acids is 1. The molecule has 5 nitrogen and oxygen atoms in total. The zero-order valence-electron chi connectivity index (χ0n) is 11.3. The van der Waals surface area contributed by atoms with E-state index in [9.17, 15) is 14.7 Å². The molecule has 0 aromatic carbocycles. The van der Waals surface area contributed by atoms with E-state index in [2.05, 4.69) is 0 Å². The topological polar surface area (TPSA) is 66.8 Å². The van der Waals surface area contributed by atoms with E-state index in [-0.39, 0.29) is 12.3 Å². The summed E-state index contributed by atoms with van der Waals surface area (Å²) in [6.07, 6.45) is 4.15. The molecule has 1 N–H and O–H groups in total. The molecule has 0 saturated heterocycles. The Morgan fingerprint density at radius 3 is 2.39 bits per heavy atom. The number of hydrogen-bond donors (Lipinski definition) is 1. The molecule has 0 unspecified atom stereocenters. The molecule has 0 aliphatic heterocycles. The number of amides is 1. The molecule has 0 radical (unpaired) electrons. The van der Waals surface area contributed by atoms with Crippen molar-refractivity contribution >= 4 is 11.9 Å². The molecular weight excluding hydrogens is 234 g/mol. The predicted octanol–water partition coefficient (Wildman–Crippen LogP) is 1.66. The van der Waals surface area contributed by atoms with Crippen LogP contribution in [-0.4, -0.2) is 47.7 Å². The minimum Gasteiger partial charge on any atom is -0.479 e. The Morgan fingerprint density at radius 2 is 1.89 bits per heavy atom. The van der Waals surface area contributed by atoms with Crippen molar-refractivity contribution in [1.82, 2.24) is 4.90 Å². The lowest BCUT2D eigenvalue weighted by atomic mass is 9.80. The molecule has 1 rings (SSSR count). The summed E-state index contributed by atoms with van der Waals surface area (Å²) in [6, 6.07) is 0. The van der Waals surface area contributed by atoms with E-state index in [1.54, 1.807) is 7.05 Å². The van der Waals surface area contributed by atoms with Crippen LogP contribution >= 0.6 is 0 Å². The summed E-state index contributed by atoms with van der Waals surface area (Å²) in [4.78, 5) is 25.0. The number of likely N-dealkylation sites (N-methyl/N-ethyl adjacent to an activating group) is 1. The van der Waals surface area contributed by atoms with Gasteiger partial charge in [-0.05, 0) is 19.8 Å². The maximum absolute atomic E-state index is 12.0. The third-order valence-electron chi connectivity index (χ3n) is 3.76. The molecule has 0 atom stereocenters. The van der Waals surface area contributed by atoms with E-state index < -0.39 is 11.5 Å². The second-order valence-electron chi connectivity index (χ2n) is 4.80. The van der Waals surface area contributed by atoms with E-state index in [4.69, 9.17) is 4.74 Å². The number of ether oxygens (including phenoxy) is 1. The normalized spacial score (nSPS) is 18.3. The van der Waals surface area contributed by atoms with Gasteiger partial charge in [0.25, 0.3) is 0 Å². The van der Waals surface area contributed by atoms with Gasteiger partial charge in [0, 0.05) is 13.7 Å². The van der Waals surface area contributed by atoms with Gasteiger partial charge in [-0.3, -0.25) is 4.79 Å². The fourth-order valence-corrected chi connectivity index (χ4v) is 2.54. The lowest BCUT2D eigenvalue weighted by molar-refractivity contribution is -0.160. The van der Waals surface area contributed by atoms with Crippen molar-refractivity contribution < 1.29 is 19.4 Å². The molecule has 0 spiro atoms. The van der Waals surface area contributed by atoms with E-state index >= 15 is 0 Å². The Morgan fingerprint density at radius 1 is 1.28 bits per heavy atom. The molecule has 18 heavy (non-hydrogen) atoms. The van der Waals surface area contributed by atoms with Crippen LogP contribution in [0.3, 0.4) is 0 Å². The van der Waals surface area contributed by atoms with Crippen molar-refractivity contribution in [2.24, 2.45) is 0 Å². The minimum atomic E-state index is -0.998. The van der Waals surface area contributed by atoms with Crippen molar-refractivity contribution in [1.29, 1.82) is 0 Å². The van der Waals surface area contributed by atoms with Crippen molar-refractivity contribution in [3.8, 4) is 0 Å². The Labute approximate surface area is 108 Å². The van der Waals surface area contributed by atoms with Crippen molar-refractivity contribution in [3.05, 3.63) is 0 Å². The first-order chi connectivity index (χ1) is 8.54. The number of carbonyl (C=O) groups is 2. The first-order valence-electron chi connectivity index (χ1n) is 6.62.